The number of nitrogens with zero attached hydrogens (tertiary/aromatic N) is 2. The van der Waals surface area contributed by atoms with Crippen molar-refractivity contribution in [2.45, 2.75) is 20.0 Å². The largest absolute Gasteiger partial charge is 0.475 e. The first kappa shape index (κ1) is 10.7. The smallest absolute Gasteiger partial charge is 0.277 e. The summed E-state index contributed by atoms with van der Waals surface area (Å²) in [4.78, 5) is 13.7. The number of pyridine rings is 1. The van der Waals surface area contributed by atoms with Gasteiger partial charge in [0.05, 0.1) is 23.2 Å². The van der Waals surface area contributed by atoms with Crippen LogP contribution in [-0.4, -0.2) is 16.0 Å². The fourth-order valence-electron chi connectivity index (χ4n) is 0.867. The van der Waals surface area contributed by atoms with E-state index in [-0.39, 0.29) is 22.8 Å². The minimum Gasteiger partial charge on any atom is -0.475 e. The van der Waals surface area contributed by atoms with E-state index in [0.29, 0.717) is 0 Å². The molecule has 0 N–H and O–H groups in total. The van der Waals surface area contributed by atoms with Crippen molar-refractivity contribution in [3.8, 4) is 5.88 Å². The van der Waals surface area contributed by atoms with Crippen molar-refractivity contribution in [1.29, 1.82) is 0 Å². The second-order valence-electron chi connectivity index (χ2n) is 2.91. The molecule has 5 nitrogen and oxygen atoms in total. The first-order chi connectivity index (χ1) is 6.49. The first-order valence-corrected chi connectivity index (χ1v) is 4.35. The van der Waals surface area contributed by atoms with Gasteiger partial charge < -0.3 is 4.74 Å². The molecule has 0 aliphatic heterocycles. The maximum absolute atomic E-state index is 10.5. The van der Waals surface area contributed by atoms with E-state index in [0.717, 1.165) is 0 Å². The summed E-state index contributed by atoms with van der Waals surface area (Å²) >= 11 is 5.58. The van der Waals surface area contributed by atoms with E-state index in [1.165, 1.54) is 12.1 Å². The van der Waals surface area contributed by atoms with Crippen molar-refractivity contribution >= 4 is 17.3 Å². The van der Waals surface area contributed by atoms with E-state index in [9.17, 15) is 10.1 Å². The fraction of sp³-hybridized carbons (Fsp3) is 0.375. The van der Waals surface area contributed by atoms with Gasteiger partial charge in [0.1, 0.15) is 5.15 Å². The third kappa shape index (κ3) is 2.85. The highest BCUT2D eigenvalue weighted by atomic mass is 35.5. The lowest BCUT2D eigenvalue weighted by atomic mass is 10.4. The summed E-state index contributed by atoms with van der Waals surface area (Å²) in [5, 5.41) is 10.5. The molecule has 0 aliphatic carbocycles. The summed E-state index contributed by atoms with van der Waals surface area (Å²) in [5.74, 6) is 0.166. The Morgan fingerprint density at radius 2 is 2.21 bits per heavy atom. The molecule has 0 saturated carbocycles. The number of halogens is 1. The van der Waals surface area contributed by atoms with Gasteiger partial charge in [0.25, 0.3) is 5.69 Å². The average molecular weight is 217 g/mol. The van der Waals surface area contributed by atoms with Gasteiger partial charge in [-0.1, -0.05) is 11.6 Å². The Morgan fingerprint density at radius 1 is 1.57 bits per heavy atom. The number of ether oxygens (including phenoxy) is 1. The second kappa shape index (κ2) is 4.23. The number of hydrogen-bond donors (Lipinski definition) is 0. The Labute approximate surface area is 85.8 Å². The van der Waals surface area contributed by atoms with Gasteiger partial charge in [-0.05, 0) is 13.8 Å². The zero-order valence-corrected chi connectivity index (χ0v) is 8.49. The van der Waals surface area contributed by atoms with Crippen molar-refractivity contribution in [1.82, 2.24) is 4.98 Å². The minimum absolute atomic E-state index is 0.0508. The molecule has 1 aromatic rings. The van der Waals surface area contributed by atoms with Crippen molar-refractivity contribution in [3.05, 3.63) is 27.4 Å². The lowest BCUT2D eigenvalue weighted by Gasteiger charge is -2.07. The highest BCUT2D eigenvalue weighted by molar-refractivity contribution is 6.29. The van der Waals surface area contributed by atoms with Gasteiger partial charge >= 0.3 is 0 Å². The lowest BCUT2D eigenvalue weighted by molar-refractivity contribution is -0.385. The van der Waals surface area contributed by atoms with Crippen LogP contribution in [0.5, 0.6) is 5.88 Å². The summed E-state index contributed by atoms with van der Waals surface area (Å²) < 4.78 is 5.19. The summed E-state index contributed by atoms with van der Waals surface area (Å²) in [6.07, 6.45) is -0.0967. The van der Waals surface area contributed by atoms with Crippen LogP contribution in [-0.2, 0) is 0 Å². The number of aromatic nitrogens is 1. The lowest BCUT2D eigenvalue weighted by Crippen LogP contribution is -2.07. The molecule has 0 saturated heterocycles. The molecule has 0 unspecified atom stereocenters. The summed E-state index contributed by atoms with van der Waals surface area (Å²) in [7, 11) is 0. The maximum Gasteiger partial charge on any atom is 0.277 e. The van der Waals surface area contributed by atoms with Crippen LogP contribution < -0.4 is 4.74 Å². The van der Waals surface area contributed by atoms with E-state index in [4.69, 9.17) is 16.3 Å². The van der Waals surface area contributed by atoms with Crippen LogP contribution in [0.15, 0.2) is 12.1 Å². The predicted octanol–water partition coefficient (Wildman–Crippen LogP) is 2.43. The molecule has 76 valence electrons. The summed E-state index contributed by atoms with van der Waals surface area (Å²) in [5.41, 5.74) is -0.124. The molecule has 0 bridgehead atoms. The van der Waals surface area contributed by atoms with E-state index < -0.39 is 4.92 Å². The van der Waals surface area contributed by atoms with Crippen molar-refractivity contribution in [2.75, 3.05) is 0 Å². The average Bonchev–Trinajstić information content (AvgIpc) is 2.01. The number of hydrogen-bond acceptors (Lipinski definition) is 4. The SMILES string of the molecule is CC(C)Oc1cc([N+](=O)[O-])cc(Cl)n1. The Bertz CT molecular complexity index is 354. The molecule has 0 fully saturated rings. The normalized spacial score (nSPS) is 10.3. The molecule has 0 radical (unpaired) electrons. The molecule has 0 amide bonds. The second-order valence-corrected chi connectivity index (χ2v) is 3.30. The number of nitro groups is 1. The van der Waals surface area contributed by atoms with Crippen LogP contribution in [0.1, 0.15) is 13.8 Å². The Balaban J connectivity index is 3.01. The molecule has 0 aliphatic rings. The molecular weight excluding hydrogens is 208 g/mol. The molecule has 0 aromatic carbocycles. The van der Waals surface area contributed by atoms with Crippen molar-refractivity contribution in [2.24, 2.45) is 0 Å². The van der Waals surface area contributed by atoms with Crippen molar-refractivity contribution < 1.29 is 9.66 Å². The van der Waals surface area contributed by atoms with E-state index in [1.807, 2.05) is 0 Å². The van der Waals surface area contributed by atoms with Gasteiger partial charge in [0.15, 0.2) is 0 Å². The monoisotopic (exact) mass is 216 g/mol. The molecule has 1 aromatic heterocycles. The van der Waals surface area contributed by atoms with Gasteiger partial charge in [-0.15, -0.1) is 0 Å². The van der Waals surface area contributed by atoms with E-state index in [1.54, 1.807) is 13.8 Å². The van der Waals surface area contributed by atoms with Gasteiger partial charge in [-0.25, -0.2) is 4.98 Å². The first-order valence-electron chi connectivity index (χ1n) is 3.97. The minimum atomic E-state index is -0.541. The maximum atomic E-state index is 10.5. The molecular formula is C8H9ClN2O3. The molecule has 1 rings (SSSR count). The van der Waals surface area contributed by atoms with Gasteiger partial charge in [-0.3, -0.25) is 10.1 Å². The zero-order valence-electron chi connectivity index (χ0n) is 7.73. The third-order valence-corrected chi connectivity index (χ3v) is 1.52. The summed E-state index contributed by atoms with van der Waals surface area (Å²) in [6.45, 7) is 3.60. The molecule has 0 spiro atoms. The Kier molecular flexibility index (Phi) is 3.24. The highest BCUT2D eigenvalue weighted by Gasteiger charge is 2.11. The van der Waals surface area contributed by atoms with Gasteiger partial charge in [-0.2, -0.15) is 0 Å². The van der Waals surface area contributed by atoms with Gasteiger partial charge in [0, 0.05) is 0 Å². The van der Waals surface area contributed by atoms with Crippen LogP contribution in [0.2, 0.25) is 5.15 Å². The fourth-order valence-corrected chi connectivity index (χ4v) is 1.06. The van der Waals surface area contributed by atoms with Crippen LogP contribution in [0.4, 0.5) is 5.69 Å². The molecule has 6 heteroatoms. The van der Waals surface area contributed by atoms with Crippen LogP contribution in [0, 0.1) is 10.1 Å². The van der Waals surface area contributed by atoms with Crippen LogP contribution in [0.3, 0.4) is 0 Å². The van der Waals surface area contributed by atoms with E-state index >= 15 is 0 Å². The van der Waals surface area contributed by atoms with Gasteiger partial charge in [0.2, 0.25) is 5.88 Å². The topological polar surface area (TPSA) is 65.3 Å². The Hall–Kier alpha value is -1.36. The van der Waals surface area contributed by atoms with Crippen LogP contribution in [0.25, 0.3) is 0 Å². The standard InChI is InChI=1S/C8H9ClN2O3/c1-5(2)14-8-4-6(11(12)13)3-7(9)10-8/h3-5H,1-2H3. The molecule has 14 heavy (non-hydrogen) atoms. The predicted molar refractivity (Wildman–Crippen MR) is 51.7 cm³/mol. The summed E-state index contributed by atoms with van der Waals surface area (Å²) in [6, 6.07) is 2.42. The Morgan fingerprint density at radius 3 is 2.71 bits per heavy atom. The third-order valence-electron chi connectivity index (χ3n) is 1.32. The molecule has 0 atom stereocenters. The van der Waals surface area contributed by atoms with Crippen LogP contribution >= 0.6 is 11.6 Å². The quantitative estimate of drug-likeness (QED) is 0.442. The number of rotatable bonds is 3. The van der Waals surface area contributed by atoms with Crippen molar-refractivity contribution in [3.63, 3.8) is 0 Å². The molecule has 1 heterocycles. The van der Waals surface area contributed by atoms with E-state index in [2.05, 4.69) is 4.98 Å². The highest BCUT2D eigenvalue weighted by Crippen LogP contribution is 2.22. The zero-order chi connectivity index (χ0) is 10.7.